The molecule has 0 amide bonds. The van der Waals surface area contributed by atoms with Gasteiger partial charge in [0.25, 0.3) is 20.2 Å². The fourth-order valence-corrected chi connectivity index (χ4v) is 27.8. The standard InChI is InChI=1S/C12H30O6S2Si2/c1-7-9-11(19(13,14)15)21(3,4)22(5,6)12(10-8-2)20(16,17)18/h11-12H,7-10H2,1-6H3,(H,13,14,15)(H,16,17,18). The van der Waals surface area contributed by atoms with Gasteiger partial charge < -0.3 is 0 Å². The minimum atomic E-state index is -4.24. The second-order valence-electron chi connectivity index (χ2n) is 7.03. The van der Waals surface area contributed by atoms with Crippen LogP contribution >= 0.6 is 0 Å². The van der Waals surface area contributed by atoms with Gasteiger partial charge in [0.05, 0.1) is 24.9 Å². The van der Waals surface area contributed by atoms with E-state index in [0.29, 0.717) is 25.7 Å². The van der Waals surface area contributed by atoms with E-state index in [1.165, 1.54) is 0 Å². The van der Waals surface area contributed by atoms with E-state index in [1.807, 2.05) is 40.0 Å². The van der Waals surface area contributed by atoms with Crippen LogP contribution in [0.15, 0.2) is 0 Å². The SMILES string of the molecule is CCCC([Si](C)(C)[Si](C)(C)C(CCC)S(=O)(=O)O)S(=O)(=O)O. The van der Waals surface area contributed by atoms with Crippen LogP contribution in [0.1, 0.15) is 39.5 Å². The summed E-state index contributed by atoms with van der Waals surface area (Å²) >= 11 is 0. The molecule has 0 aliphatic heterocycles. The van der Waals surface area contributed by atoms with Crippen LogP contribution in [0.2, 0.25) is 26.2 Å². The van der Waals surface area contributed by atoms with Crippen molar-refractivity contribution in [1.29, 1.82) is 0 Å². The summed E-state index contributed by atoms with van der Waals surface area (Å²) in [4.78, 5) is -1.79. The van der Waals surface area contributed by atoms with E-state index in [2.05, 4.69) is 0 Å². The summed E-state index contributed by atoms with van der Waals surface area (Å²) < 4.78 is 66.7. The maximum absolute atomic E-state index is 11.8. The van der Waals surface area contributed by atoms with E-state index in [1.54, 1.807) is 0 Å². The van der Waals surface area contributed by atoms with Crippen LogP contribution in [-0.4, -0.2) is 50.9 Å². The van der Waals surface area contributed by atoms with Crippen molar-refractivity contribution >= 4 is 35.4 Å². The Morgan fingerprint density at radius 1 is 0.727 bits per heavy atom. The first-order valence-electron chi connectivity index (χ1n) is 7.56. The minimum absolute atomic E-state index is 0.318. The van der Waals surface area contributed by atoms with Crippen LogP contribution in [0, 0.1) is 0 Å². The molecule has 2 atom stereocenters. The van der Waals surface area contributed by atoms with Crippen LogP contribution in [0.25, 0.3) is 0 Å². The highest BCUT2D eigenvalue weighted by molar-refractivity contribution is 7.92. The van der Waals surface area contributed by atoms with Gasteiger partial charge in [-0.1, -0.05) is 52.9 Å². The summed E-state index contributed by atoms with van der Waals surface area (Å²) in [6.07, 6.45) is 1.82. The van der Waals surface area contributed by atoms with Gasteiger partial charge in [0.15, 0.2) is 0 Å². The Balaban J connectivity index is 6.09. The van der Waals surface area contributed by atoms with E-state index >= 15 is 0 Å². The molecule has 0 aromatic rings. The molecule has 134 valence electrons. The van der Waals surface area contributed by atoms with Gasteiger partial charge in [-0.25, -0.2) is 0 Å². The Bertz CT molecular complexity index is 516. The summed E-state index contributed by atoms with van der Waals surface area (Å²) in [5.41, 5.74) is 0. The van der Waals surface area contributed by atoms with Gasteiger partial charge in [-0.3, -0.25) is 9.11 Å². The third-order valence-electron chi connectivity index (χ3n) is 5.09. The maximum atomic E-state index is 11.8. The van der Waals surface area contributed by atoms with Gasteiger partial charge in [-0.2, -0.15) is 16.8 Å². The third kappa shape index (κ3) is 4.87. The van der Waals surface area contributed by atoms with Gasteiger partial charge in [-0.05, 0) is 12.8 Å². The summed E-state index contributed by atoms with van der Waals surface area (Å²) in [6.45, 7) is 11.0. The van der Waals surface area contributed by atoms with Crippen LogP contribution < -0.4 is 0 Å². The zero-order valence-electron chi connectivity index (χ0n) is 14.3. The van der Waals surface area contributed by atoms with E-state index in [4.69, 9.17) is 0 Å². The molecule has 22 heavy (non-hydrogen) atoms. The molecule has 0 aliphatic rings. The van der Waals surface area contributed by atoms with Crippen molar-refractivity contribution in [2.45, 2.75) is 75.5 Å². The van der Waals surface area contributed by atoms with Crippen molar-refractivity contribution < 1.29 is 25.9 Å². The molecule has 0 spiro atoms. The molecule has 0 aliphatic carbocycles. The number of rotatable bonds is 9. The van der Waals surface area contributed by atoms with E-state index in [0.717, 1.165) is 0 Å². The average molecular weight is 391 g/mol. The monoisotopic (exact) mass is 390 g/mol. The second kappa shape index (κ2) is 7.43. The number of hydrogen-bond acceptors (Lipinski definition) is 4. The number of hydrogen-bond donors (Lipinski definition) is 2. The molecular weight excluding hydrogens is 360 g/mol. The van der Waals surface area contributed by atoms with Crippen LogP contribution in [0.3, 0.4) is 0 Å². The van der Waals surface area contributed by atoms with Crippen LogP contribution in [-0.2, 0) is 20.2 Å². The Hall–Kier alpha value is 0.254. The third-order valence-corrected chi connectivity index (χ3v) is 32.8. The fourth-order valence-electron chi connectivity index (χ4n) is 3.12. The molecule has 0 radical (unpaired) electrons. The van der Waals surface area contributed by atoms with Gasteiger partial charge >= 0.3 is 0 Å². The lowest BCUT2D eigenvalue weighted by molar-refractivity contribution is 0.470. The first-order chi connectivity index (χ1) is 9.64. The van der Waals surface area contributed by atoms with Crippen molar-refractivity contribution in [2.75, 3.05) is 0 Å². The van der Waals surface area contributed by atoms with E-state index in [-0.39, 0.29) is 0 Å². The topological polar surface area (TPSA) is 109 Å². The van der Waals surface area contributed by atoms with Crippen molar-refractivity contribution in [3.63, 3.8) is 0 Å². The van der Waals surface area contributed by atoms with E-state index in [9.17, 15) is 25.9 Å². The molecule has 10 heteroatoms. The van der Waals surface area contributed by atoms with Crippen molar-refractivity contribution in [3.05, 3.63) is 0 Å². The second-order valence-corrected chi connectivity index (χ2v) is 27.1. The van der Waals surface area contributed by atoms with Crippen LogP contribution in [0.4, 0.5) is 0 Å². The minimum Gasteiger partial charge on any atom is -0.286 e. The molecule has 0 saturated heterocycles. The molecule has 0 aromatic heterocycles. The van der Waals surface area contributed by atoms with Crippen molar-refractivity contribution in [1.82, 2.24) is 0 Å². The van der Waals surface area contributed by atoms with Gasteiger partial charge in [0.1, 0.15) is 0 Å². The molecule has 0 bridgehead atoms. The van der Waals surface area contributed by atoms with Crippen molar-refractivity contribution in [2.24, 2.45) is 0 Å². The molecule has 0 aromatic carbocycles. The normalized spacial score (nSPS) is 17.3. The zero-order chi connectivity index (χ0) is 18.0. The molecular formula is C12H30O6S2Si2. The first-order valence-corrected chi connectivity index (χ1v) is 17.7. The highest BCUT2D eigenvalue weighted by atomic mass is 32.2. The lowest BCUT2D eigenvalue weighted by atomic mass is 10.4. The summed E-state index contributed by atoms with van der Waals surface area (Å²) in [7, 11) is -13.8. The molecule has 0 fully saturated rings. The molecule has 0 heterocycles. The summed E-state index contributed by atoms with van der Waals surface area (Å²) in [5.74, 6) is 0. The zero-order valence-corrected chi connectivity index (χ0v) is 18.0. The lowest BCUT2D eigenvalue weighted by Gasteiger charge is -2.45. The van der Waals surface area contributed by atoms with Crippen LogP contribution in [0.5, 0.6) is 0 Å². The highest BCUT2D eigenvalue weighted by Gasteiger charge is 2.57. The maximum Gasteiger partial charge on any atom is 0.264 e. The molecule has 0 saturated carbocycles. The Labute approximate surface area is 137 Å². The molecule has 6 nitrogen and oxygen atoms in total. The lowest BCUT2D eigenvalue weighted by Crippen LogP contribution is -2.71. The molecule has 2 unspecified atom stereocenters. The molecule has 0 rings (SSSR count). The Kier molecular flexibility index (Phi) is 7.52. The van der Waals surface area contributed by atoms with Crippen molar-refractivity contribution in [3.8, 4) is 0 Å². The summed E-state index contributed by atoms with van der Waals surface area (Å²) in [5, 5.41) is 0. The van der Waals surface area contributed by atoms with Gasteiger partial charge in [-0.15, -0.1) is 0 Å². The molecule has 2 N–H and O–H groups in total. The smallest absolute Gasteiger partial charge is 0.264 e. The fraction of sp³-hybridized carbons (Fsp3) is 1.00. The predicted octanol–water partition coefficient (Wildman–Crippen LogP) is 2.67. The van der Waals surface area contributed by atoms with Gasteiger partial charge in [0, 0.05) is 0 Å². The Morgan fingerprint density at radius 2 is 0.955 bits per heavy atom. The average Bonchev–Trinajstić information content (AvgIpc) is 2.29. The first kappa shape index (κ1) is 22.3. The van der Waals surface area contributed by atoms with Gasteiger partial charge in [0.2, 0.25) is 0 Å². The quantitative estimate of drug-likeness (QED) is 0.463. The highest BCUT2D eigenvalue weighted by Crippen LogP contribution is 2.35. The largest absolute Gasteiger partial charge is 0.286 e. The summed E-state index contributed by atoms with van der Waals surface area (Å²) in [6, 6.07) is 0. The predicted molar refractivity (Wildman–Crippen MR) is 95.5 cm³/mol. The Morgan fingerprint density at radius 3 is 1.09 bits per heavy atom. The van der Waals surface area contributed by atoms with E-state index < -0.39 is 45.2 Å².